The Morgan fingerprint density at radius 2 is 2.14 bits per heavy atom. The van der Waals surface area contributed by atoms with Crippen molar-refractivity contribution in [3.8, 4) is 0 Å². The highest BCUT2D eigenvalue weighted by atomic mass is 16.2. The van der Waals surface area contributed by atoms with Crippen molar-refractivity contribution >= 4 is 5.91 Å². The second-order valence-corrected chi connectivity index (χ2v) is 8.84. The standard InChI is InChI=1S/C23H36N4O/c1-18(2)10-15-27-14-6-11-23(12-16-26(4)17-21(23)27)22(28)24-13-9-20-8-5-7-19(3)25-20/h5,7-8,10,21H,6,9,11-17H2,1-4H3,(H,24,28)/t21-,23+/m0/s1. The molecule has 0 bridgehead atoms. The Bertz CT molecular complexity index is 712. The number of hydrogen-bond acceptors (Lipinski definition) is 4. The maximum atomic E-state index is 13.4. The zero-order valence-electron chi connectivity index (χ0n) is 18.0. The van der Waals surface area contributed by atoms with Crippen molar-refractivity contribution in [1.29, 1.82) is 0 Å². The maximum Gasteiger partial charge on any atom is 0.227 e. The van der Waals surface area contributed by atoms with Gasteiger partial charge >= 0.3 is 0 Å². The van der Waals surface area contributed by atoms with E-state index < -0.39 is 0 Å². The van der Waals surface area contributed by atoms with E-state index in [9.17, 15) is 4.79 Å². The van der Waals surface area contributed by atoms with Crippen LogP contribution in [-0.2, 0) is 11.2 Å². The predicted octanol–water partition coefficient (Wildman–Crippen LogP) is 2.80. The second-order valence-electron chi connectivity index (χ2n) is 8.84. The zero-order chi connectivity index (χ0) is 20.1. The highest BCUT2D eigenvalue weighted by molar-refractivity contribution is 5.84. The van der Waals surface area contributed by atoms with Crippen molar-refractivity contribution in [1.82, 2.24) is 20.1 Å². The number of rotatable bonds is 6. The smallest absolute Gasteiger partial charge is 0.227 e. The summed E-state index contributed by atoms with van der Waals surface area (Å²) >= 11 is 0. The Hall–Kier alpha value is -1.72. The highest BCUT2D eigenvalue weighted by Crippen LogP contribution is 2.42. The number of likely N-dealkylation sites (tertiary alicyclic amines) is 2. The van der Waals surface area contributed by atoms with Gasteiger partial charge in [-0.25, -0.2) is 0 Å². The number of nitrogens with one attached hydrogen (secondary N) is 1. The van der Waals surface area contributed by atoms with Crippen LogP contribution in [0.25, 0.3) is 0 Å². The quantitative estimate of drug-likeness (QED) is 0.766. The molecule has 5 nitrogen and oxygen atoms in total. The normalized spacial score (nSPS) is 25.8. The summed E-state index contributed by atoms with van der Waals surface area (Å²) in [6.07, 6.45) is 6.14. The number of pyridine rings is 1. The van der Waals surface area contributed by atoms with Crippen molar-refractivity contribution < 1.29 is 4.79 Å². The average molecular weight is 385 g/mol. The van der Waals surface area contributed by atoms with Gasteiger partial charge in [-0.05, 0) is 72.3 Å². The van der Waals surface area contributed by atoms with Crippen molar-refractivity contribution in [3.05, 3.63) is 41.2 Å². The van der Waals surface area contributed by atoms with E-state index in [0.29, 0.717) is 12.6 Å². The van der Waals surface area contributed by atoms with Crippen LogP contribution in [0.3, 0.4) is 0 Å². The number of fused-ring (bicyclic) bond motifs is 1. The van der Waals surface area contributed by atoms with Crippen LogP contribution in [0.2, 0.25) is 0 Å². The summed E-state index contributed by atoms with van der Waals surface area (Å²) < 4.78 is 0. The second kappa shape index (κ2) is 9.19. The number of hydrogen-bond donors (Lipinski definition) is 1. The first-order chi connectivity index (χ1) is 13.4. The van der Waals surface area contributed by atoms with Crippen LogP contribution >= 0.6 is 0 Å². The monoisotopic (exact) mass is 384 g/mol. The fourth-order valence-corrected chi connectivity index (χ4v) is 4.74. The van der Waals surface area contributed by atoms with E-state index in [2.05, 4.69) is 47.1 Å². The number of allylic oxidation sites excluding steroid dienone is 1. The van der Waals surface area contributed by atoms with Gasteiger partial charge in [0, 0.05) is 43.5 Å². The Labute approximate surface area is 170 Å². The van der Waals surface area contributed by atoms with Gasteiger partial charge in [0.05, 0.1) is 5.41 Å². The van der Waals surface area contributed by atoms with Crippen molar-refractivity contribution in [2.24, 2.45) is 5.41 Å². The van der Waals surface area contributed by atoms with E-state index in [1.54, 1.807) is 0 Å². The predicted molar refractivity (Wildman–Crippen MR) is 114 cm³/mol. The van der Waals surface area contributed by atoms with Gasteiger partial charge in [-0.1, -0.05) is 17.7 Å². The largest absolute Gasteiger partial charge is 0.355 e. The summed E-state index contributed by atoms with van der Waals surface area (Å²) in [5, 5.41) is 3.27. The summed E-state index contributed by atoms with van der Waals surface area (Å²) in [6, 6.07) is 6.38. The van der Waals surface area contributed by atoms with Crippen LogP contribution in [0.1, 0.15) is 44.5 Å². The molecule has 2 atom stereocenters. The first-order valence-corrected chi connectivity index (χ1v) is 10.7. The number of likely N-dealkylation sites (N-methyl/N-ethyl adjacent to an activating group) is 1. The molecule has 2 aliphatic heterocycles. The first kappa shape index (κ1) is 21.0. The lowest BCUT2D eigenvalue weighted by molar-refractivity contribution is -0.144. The molecule has 1 aromatic heterocycles. The molecule has 5 heteroatoms. The fraction of sp³-hybridized carbons (Fsp3) is 0.652. The topological polar surface area (TPSA) is 48.5 Å². The van der Waals surface area contributed by atoms with Crippen molar-refractivity contribution in [3.63, 3.8) is 0 Å². The number of piperidine rings is 2. The molecule has 2 fully saturated rings. The lowest BCUT2D eigenvalue weighted by Crippen LogP contribution is -2.65. The lowest BCUT2D eigenvalue weighted by Gasteiger charge is -2.53. The van der Waals surface area contributed by atoms with Crippen LogP contribution in [-0.4, -0.2) is 66.5 Å². The van der Waals surface area contributed by atoms with E-state index in [0.717, 1.165) is 63.3 Å². The van der Waals surface area contributed by atoms with Gasteiger partial charge < -0.3 is 10.2 Å². The van der Waals surface area contributed by atoms with Gasteiger partial charge in [-0.3, -0.25) is 14.7 Å². The fourth-order valence-electron chi connectivity index (χ4n) is 4.74. The number of aryl methyl sites for hydroxylation is 1. The molecule has 0 unspecified atom stereocenters. The molecule has 0 radical (unpaired) electrons. The van der Waals surface area contributed by atoms with Gasteiger partial charge in [0.1, 0.15) is 0 Å². The van der Waals surface area contributed by atoms with Gasteiger partial charge in [0.25, 0.3) is 0 Å². The highest BCUT2D eigenvalue weighted by Gasteiger charge is 2.51. The molecular formula is C23H36N4O. The minimum Gasteiger partial charge on any atom is -0.355 e. The lowest BCUT2D eigenvalue weighted by atomic mass is 9.67. The SMILES string of the molecule is CC(C)=CCN1CCC[C@@]2(C(=O)NCCc3cccc(C)n3)CCN(C)C[C@H]12. The third-order valence-electron chi connectivity index (χ3n) is 6.37. The zero-order valence-corrected chi connectivity index (χ0v) is 18.0. The van der Waals surface area contributed by atoms with E-state index in [4.69, 9.17) is 0 Å². The Morgan fingerprint density at radius 1 is 1.32 bits per heavy atom. The van der Waals surface area contributed by atoms with E-state index in [1.165, 1.54) is 5.57 Å². The third kappa shape index (κ3) is 4.81. The third-order valence-corrected chi connectivity index (χ3v) is 6.37. The van der Waals surface area contributed by atoms with Crippen molar-refractivity contribution in [2.75, 3.05) is 39.8 Å². The van der Waals surface area contributed by atoms with E-state index in [-0.39, 0.29) is 11.3 Å². The molecule has 0 aliphatic carbocycles. The number of nitrogens with zero attached hydrogens (tertiary/aromatic N) is 3. The van der Waals surface area contributed by atoms with Crippen LogP contribution in [0.15, 0.2) is 29.8 Å². The molecule has 2 aliphatic rings. The average Bonchev–Trinajstić information content (AvgIpc) is 2.66. The molecule has 1 aromatic rings. The maximum absolute atomic E-state index is 13.4. The summed E-state index contributed by atoms with van der Waals surface area (Å²) in [4.78, 5) is 22.9. The van der Waals surface area contributed by atoms with Crippen LogP contribution < -0.4 is 5.32 Å². The van der Waals surface area contributed by atoms with E-state index >= 15 is 0 Å². The Kier molecular flexibility index (Phi) is 6.89. The Morgan fingerprint density at radius 3 is 2.89 bits per heavy atom. The van der Waals surface area contributed by atoms with Gasteiger partial charge in [-0.2, -0.15) is 0 Å². The molecular weight excluding hydrogens is 348 g/mol. The van der Waals surface area contributed by atoms with Crippen LogP contribution in [0.5, 0.6) is 0 Å². The molecule has 0 aromatic carbocycles. The van der Waals surface area contributed by atoms with Crippen LogP contribution in [0, 0.1) is 12.3 Å². The molecule has 3 rings (SSSR count). The molecule has 0 saturated carbocycles. The molecule has 1 N–H and O–H groups in total. The van der Waals surface area contributed by atoms with Crippen molar-refractivity contribution in [2.45, 2.75) is 52.5 Å². The molecule has 3 heterocycles. The van der Waals surface area contributed by atoms with Gasteiger partial charge in [0.2, 0.25) is 5.91 Å². The van der Waals surface area contributed by atoms with Gasteiger partial charge in [-0.15, -0.1) is 0 Å². The molecule has 28 heavy (non-hydrogen) atoms. The molecule has 1 amide bonds. The molecule has 0 spiro atoms. The summed E-state index contributed by atoms with van der Waals surface area (Å²) in [6.45, 7) is 11.0. The summed E-state index contributed by atoms with van der Waals surface area (Å²) in [7, 11) is 2.18. The number of carbonyl (C=O) groups excluding carboxylic acids is 1. The first-order valence-electron chi connectivity index (χ1n) is 10.7. The van der Waals surface area contributed by atoms with Gasteiger partial charge in [0.15, 0.2) is 0 Å². The number of aromatic nitrogens is 1. The minimum absolute atomic E-state index is 0.250. The molecule has 154 valence electrons. The van der Waals surface area contributed by atoms with E-state index in [1.807, 2.05) is 25.1 Å². The Balaban J connectivity index is 1.68. The van der Waals surface area contributed by atoms with Crippen LogP contribution in [0.4, 0.5) is 0 Å². The molecule has 2 saturated heterocycles. The number of amides is 1. The number of carbonyl (C=O) groups is 1. The summed E-state index contributed by atoms with van der Waals surface area (Å²) in [5.74, 6) is 0.250. The summed E-state index contributed by atoms with van der Waals surface area (Å²) in [5.41, 5.74) is 3.17. The minimum atomic E-state index is -0.250.